The first-order valence-electron chi connectivity index (χ1n) is 6.14. The smallest absolute Gasteiger partial charge is 0.204 e. The Kier molecular flexibility index (Phi) is 6.41. The van der Waals surface area contributed by atoms with Crippen molar-refractivity contribution in [3.63, 3.8) is 0 Å². The molecule has 1 aromatic carbocycles. The van der Waals surface area contributed by atoms with Crippen molar-refractivity contribution >= 4 is 6.29 Å². The number of carbonyl (C=O) groups is 1. The maximum absolute atomic E-state index is 11.1. The van der Waals surface area contributed by atoms with E-state index in [1.807, 2.05) is 19.0 Å². The Balaban J connectivity index is 3.02. The zero-order chi connectivity index (χ0) is 15.0. The van der Waals surface area contributed by atoms with Crippen LogP contribution in [0.4, 0.5) is 0 Å². The van der Waals surface area contributed by atoms with Crippen molar-refractivity contribution in [1.82, 2.24) is 4.90 Å². The van der Waals surface area contributed by atoms with Crippen LogP contribution in [0.15, 0.2) is 12.1 Å². The molecule has 0 bridgehead atoms. The maximum atomic E-state index is 11.1. The van der Waals surface area contributed by atoms with Crippen molar-refractivity contribution in [2.24, 2.45) is 0 Å². The quantitative estimate of drug-likeness (QED) is 0.532. The SMILES string of the molecule is C#CCOc1ccc(C=O)c(OCCN(C)C)c1OC. The third kappa shape index (κ3) is 4.18. The van der Waals surface area contributed by atoms with Gasteiger partial charge in [-0.1, -0.05) is 5.92 Å². The van der Waals surface area contributed by atoms with Crippen molar-refractivity contribution in [3.05, 3.63) is 17.7 Å². The predicted molar refractivity (Wildman–Crippen MR) is 76.8 cm³/mol. The fraction of sp³-hybridized carbons (Fsp3) is 0.400. The van der Waals surface area contributed by atoms with Crippen LogP contribution in [0.25, 0.3) is 0 Å². The molecular weight excluding hydrogens is 258 g/mol. The van der Waals surface area contributed by atoms with Gasteiger partial charge in [0.1, 0.15) is 13.2 Å². The number of methoxy groups -OCH3 is 1. The minimum absolute atomic E-state index is 0.119. The summed E-state index contributed by atoms with van der Waals surface area (Å²) in [7, 11) is 5.37. The highest BCUT2D eigenvalue weighted by molar-refractivity contribution is 5.82. The number of likely N-dealkylation sites (N-methyl/N-ethyl adjacent to an activating group) is 1. The Hall–Kier alpha value is -2.19. The molecule has 0 saturated carbocycles. The van der Waals surface area contributed by atoms with Gasteiger partial charge in [0.2, 0.25) is 5.75 Å². The van der Waals surface area contributed by atoms with Crippen LogP contribution >= 0.6 is 0 Å². The van der Waals surface area contributed by atoms with Gasteiger partial charge in [-0.15, -0.1) is 6.42 Å². The summed E-state index contributed by atoms with van der Waals surface area (Å²) in [6.45, 7) is 1.27. The number of nitrogens with zero attached hydrogens (tertiary/aromatic N) is 1. The number of rotatable bonds is 8. The van der Waals surface area contributed by atoms with Gasteiger partial charge in [0.05, 0.1) is 12.7 Å². The Labute approximate surface area is 119 Å². The molecule has 0 amide bonds. The first kappa shape index (κ1) is 15.9. The molecule has 5 nitrogen and oxygen atoms in total. The highest BCUT2D eigenvalue weighted by Gasteiger charge is 2.16. The summed E-state index contributed by atoms with van der Waals surface area (Å²) in [5.74, 6) is 3.59. The van der Waals surface area contributed by atoms with Gasteiger partial charge in [-0.25, -0.2) is 0 Å². The van der Waals surface area contributed by atoms with E-state index in [1.54, 1.807) is 12.1 Å². The number of hydrogen-bond acceptors (Lipinski definition) is 5. The number of carbonyl (C=O) groups excluding carboxylic acids is 1. The highest BCUT2D eigenvalue weighted by atomic mass is 16.5. The summed E-state index contributed by atoms with van der Waals surface area (Å²) in [6, 6.07) is 3.26. The van der Waals surface area contributed by atoms with Crippen LogP contribution in [0.1, 0.15) is 10.4 Å². The largest absolute Gasteiger partial charge is 0.490 e. The summed E-state index contributed by atoms with van der Waals surface area (Å²) in [5, 5.41) is 0. The van der Waals surface area contributed by atoms with E-state index in [1.165, 1.54) is 7.11 Å². The lowest BCUT2D eigenvalue weighted by atomic mass is 10.2. The molecule has 0 heterocycles. The molecule has 108 valence electrons. The van der Waals surface area contributed by atoms with E-state index >= 15 is 0 Å². The lowest BCUT2D eigenvalue weighted by molar-refractivity contribution is 0.111. The highest BCUT2D eigenvalue weighted by Crippen LogP contribution is 2.39. The van der Waals surface area contributed by atoms with Crippen LogP contribution in [-0.4, -0.2) is 52.1 Å². The van der Waals surface area contributed by atoms with Gasteiger partial charge < -0.3 is 19.1 Å². The average molecular weight is 277 g/mol. The number of terminal acetylenes is 1. The molecule has 0 spiro atoms. The Morgan fingerprint density at radius 1 is 1.30 bits per heavy atom. The van der Waals surface area contributed by atoms with Crippen LogP contribution in [0.5, 0.6) is 17.2 Å². The molecule has 5 heteroatoms. The molecule has 1 rings (SSSR count). The number of benzene rings is 1. The maximum Gasteiger partial charge on any atom is 0.204 e. The summed E-state index contributed by atoms with van der Waals surface area (Å²) >= 11 is 0. The lowest BCUT2D eigenvalue weighted by Crippen LogP contribution is -2.20. The summed E-state index contributed by atoms with van der Waals surface area (Å²) in [6.07, 6.45) is 5.89. The van der Waals surface area contributed by atoms with Gasteiger partial charge >= 0.3 is 0 Å². The summed E-state index contributed by atoms with van der Waals surface area (Å²) in [5.41, 5.74) is 0.411. The molecule has 1 aromatic rings. The third-order valence-electron chi connectivity index (χ3n) is 2.53. The monoisotopic (exact) mass is 277 g/mol. The second-order valence-electron chi connectivity index (χ2n) is 4.28. The first-order valence-corrected chi connectivity index (χ1v) is 6.14. The van der Waals surface area contributed by atoms with E-state index in [4.69, 9.17) is 20.6 Å². The predicted octanol–water partition coefficient (Wildman–Crippen LogP) is 1.46. The fourth-order valence-corrected chi connectivity index (χ4v) is 1.56. The zero-order valence-corrected chi connectivity index (χ0v) is 12.0. The molecule has 0 aromatic heterocycles. The van der Waals surface area contributed by atoms with E-state index in [0.717, 1.165) is 12.8 Å². The van der Waals surface area contributed by atoms with Gasteiger partial charge in [0, 0.05) is 6.54 Å². The molecule has 20 heavy (non-hydrogen) atoms. The summed E-state index contributed by atoms with van der Waals surface area (Å²) in [4.78, 5) is 13.1. The van der Waals surface area contributed by atoms with Crippen LogP contribution in [0.3, 0.4) is 0 Å². The molecule has 0 N–H and O–H groups in total. The van der Waals surface area contributed by atoms with E-state index in [9.17, 15) is 4.79 Å². The average Bonchev–Trinajstić information content (AvgIpc) is 2.44. The molecule has 0 aliphatic heterocycles. The van der Waals surface area contributed by atoms with Crippen molar-refractivity contribution in [2.45, 2.75) is 0 Å². The van der Waals surface area contributed by atoms with Gasteiger partial charge in [0.25, 0.3) is 0 Å². The van der Waals surface area contributed by atoms with Gasteiger partial charge in [0.15, 0.2) is 17.8 Å². The van der Waals surface area contributed by atoms with Gasteiger partial charge in [-0.2, -0.15) is 0 Å². The molecule has 0 saturated heterocycles. The number of aldehydes is 1. The molecule has 0 unspecified atom stereocenters. The topological polar surface area (TPSA) is 48.0 Å². The van der Waals surface area contributed by atoms with Crippen LogP contribution in [-0.2, 0) is 0 Å². The van der Waals surface area contributed by atoms with Crippen LogP contribution < -0.4 is 14.2 Å². The lowest BCUT2D eigenvalue weighted by Gasteiger charge is -2.17. The number of ether oxygens (including phenoxy) is 3. The first-order chi connectivity index (χ1) is 9.63. The molecule has 0 aliphatic rings. The summed E-state index contributed by atoms with van der Waals surface area (Å²) < 4.78 is 16.3. The standard InChI is InChI=1S/C15H19NO4/c1-5-9-19-13-7-6-12(11-17)14(15(13)18-4)20-10-8-16(2)3/h1,6-7,11H,8-10H2,2-4H3. The molecular formula is C15H19NO4. The van der Waals surface area contributed by atoms with Crippen molar-refractivity contribution in [1.29, 1.82) is 0 Å². The van der Waals surface area contributed by atoms with Crippen LogP contribution in [0, 0.1) is 12.3 Å². The van der Waals surface area contributed by atoms with E-state index in [2.05, 4.69) is 5.92 Å². The second-order valence-corrected chi connectivity index (χ2v) is 4.28. The Morgan fingerprint density at radius 3 is 2.60 bits per heavy atom. The number of hydrogen-bond donors (Lipinski definition) is 0. The van der Waals surface area contributed by atoms with E-state index in [-0.39, 0.29) is 6.61 Å². The molecule has 0 atom stereocenters. The third-order valence-corrected chi connectivity index (χ3v) is 2.53. The molecule has 0 aliphatic carbocycles. The van der Waals surface area contributed by atoms with Crippen molar-refractivity contribution in [2.75, 3.05) is 41.0 Å². The van der Waals surface area contributed by atoms with Gasteiger partial charge in [-0.3, -0.25) is 4.79 Å². The molecule has 0 radical (unpaired) electrons. The molecule has 0 fully saturated rings. The van der Waals surface area contributed by atoms with E-state index < -0.39 is 0 Å². The minimum Gasteiger partial charge on any atom is -0.490 e. The Bertz CT molecular complexity index is 491. The van der Waals surface area contributed by atoms with Crippen LogP contribution in [0.2, 0.25) is 0 Å². The Morgan fingerprint density at radius 2 is 2.05 bits per heavy atom. The van der Waals surface area contributed by atoms with E-state index in [0.29, 0.717) is 29.4 Å². The van der Waals surface area contributed by atoms with Crippen molar-refractivity contribution in [3.8, 4) is 29.6 Å². The normalized spacial score (nSPS) is 9.95. The van der Waals surface area contributed by atoms with Crippen molar-refractivity contribution < 1.29 is 19.0 Å². The minimum atomic E-state index is 0.119. The fourth-order valence-electron chi connectivity index (χ4n) is 1.56. The zero-order valence-electron chi connectivity index (χ0n) is 12.0. The second kappa shape index (κ2) is 8.08. The van der Waals surface area contributed by atoms with Gasteiger partial charge in [-0.05, 0) is 26.2 Å².